The highest BCUT2D eigenvalue weighted by molar-refractivity contribution is 5.94. The maximum atomic E-state index is 12.3. The van der Waals surface area contributed by atoms with E-state index in [1.165, 1.54) is 7.11 Å². The molecule has 3 rings (SSSR count). The first-order valence-corrected chi connectivity index (χ1v) is 9.32. The lowest BCUT2D eigenvalue weighted by molar-refractivity contribution is 0.0885. The van der Waals surface area contributed by atoms with Crippen molar-refractivity contribution in [2.45, 2.75) is 0 Å². The highest BCUT2D eigenvalue weighted by Gasteiger charge is 2.21. The predicted octanol–water partition coefficient (Wildman–Crippen LogP) is 2.59. The van der Waals surface area contributed by atoms with Gasteiger partial charge in [0.1, 0.15) is 11.5 Å². The summed E-state index contributed by atoms with van der Waals surface area (Å²) in [7, 11) is 1.39. The van der Waals surface area contributed by atoms with Crippen LogP contribution in [0.5, 0.6) is 11.5 Å². The van der Waals surface area contributed by atoms with Gasteiger partial charge in [-0.05, 0) is 36.4 Å². The highest BCUT2D eigenvalue weighted by atomic mass is 16.5. The Hall–Kier alpha value is -3.06. The molecule has 2 amide bonds. The Kier molecular flexibility index (Phi) is 6.86. The third-order valence-corrected chi connectivity index (χ3v) is 4.61. The number of para-hydroxylation sites is 1. The number of rotatable bonds is 6. The molecule has 0 aliphatic carbocycles. The summed E-state index contributed by atoms with van der Waals surface area (Å²) in [5.41, 5.74) is 0.593. The summed E-state index contributed by atoms with van der Waals surface area (Å²) in [6, 6.07) is 16.6. The molecule has 0 radical (unpaired) electrons. The number of methoxy groups -OCH3 is 1. The maximum absolute atomic E-state index is 12.3. The van der Waals surface area contributed by atoms with Crippen molar-refractivity contribution in [2.24, 2.45) is 0 Å². The molecule has 1 fully saturated rings. The van der Waals surface area contributed by atoms with E-state index in [2.05, 4.69) is 10.2 Å². The van der Waals surface area contributed by atoms with E-state index in [1.807, 2.05) is 30.3 Å². The molecule has 0 aromatic heterocycles. The molecule has 1 saturated heterocycles. The summed E-state index contributed by atoms with van der Waals surface area (Å²) in [6.45, 7) is 4.13. The summed E-state index contributed by atoms with van der Waals surface area (Å²) in [4.78, 5) is 27.7. The van der Waals surface area contributed by atoms with Gasteiger partial charge in [-0.2, -0.15) is 0 Å². The van der Waals surface area contributed by atoms with Gasteiger partial charge in [0.15, 0.2) is 0 Å². The molecule has 1 aliphatic rings. The normalized spacial score (nSPS) is 14.4. The van der Waals surface area contributed by atoms with Crippen LogP contribution in [0, 0.1) is 0 Å². The van der Waals surface area contributed by atoms with Crippen LogP contribution in [-0.4, -0.2) is 68.2 Å². The van der Waals surface area contributed by atoms with Gasteiger partial charge in [0.2, 0.25) is 0 Å². The second kappa shape index (κ2) is 9.75. The van der Waals surface area contributed by atoms with Crippen LogP contribution < -0.4 is 10.1 Å². The number of hydrogen-bond acceptors (Lipinski definition) is 5. The number of piperazine rings is 1. The fourth-order valence-electron chi connectivity index (χ4n) is 3.01. The summed E-state index contributed by atoms with van der Waals surface area (Å²) >= 11 is 0. The molecule has 28 heavy (non-hydrogen) atoms. The SMILES string of the molecule is COC(=O)N1CCN(CCNC(=O)c2ccc(Oc3ccccc3)cc2)CC1. The van der Waals surface area contributed by atoms with Crippen LogP contribution in [0.1, 0.15) is 10.4 Å². The topological polar surface area (TPSA) is 71.1 Å². The highest BCUT2D eigenvalue weighted by Crippen LogP contribution is 2.21. The molecule has 7 heteroatoms. The second-order valence-corrected chi connectivity index (χ2v) is 6.49. The quantitative estimate of drug-likeness (QED) is 0.830. The van der Waals surface area contributed by atoms with Crippen LogP contribution in [-0.2, 0) is 4.74 Å². The maximum Gasteiger partial charge on any atom is 0.409 e. The Morgan fingerprint density at radius 3 is 2.21 bits per heavy atom. The van der Waals surface area contributed by atoms with Crippen molar-refractivity contribution >= 4 is 12.0 Å². The molecule has 0 unspecified atom stereocenters. The molecule has 1 heterocycles. The zero-order valence-corrected chi connectivity index (χ0v) is 16.0. The van der Waals surface area contributed by atoms with Crippen molar-refractivity contribution in [1.82, 2.24) is 15.1 Å². The van der Waals surface area contributed by atoms with Crippen LogP contribution in [0.4, 0.5) is 4.79 Å². The molecule has 148 valence electrons. The van der Waals surface area contributed by atoms with Gasteiger partial charge in [0, 0.05) is 44.8 Å². The first-order chi connectivity index (χ1) is 13.7. The van der Waals surface area contributed by atoms with E-state index in [-0.39, 0.29) is 12.0 Å². The van der Waals surface area contributed by atoms with E-state index < -0.39 is 0 Å². The summed E-state index contributed by atoms with van der Waals surface area (Å²) < 4.78 is 10.5. The molecule has 2 aromatic rings. The van der Waals surface area contributed by atoms with Crippen molar-refractivity contribution in [3.63, 3.8) is 0 Å². The summed E-state index contributed by atoms with van der Waals surface area (Å²) in [5.74, 6) is 1.33. The van der Waals surface area contributed by atoms with Gasteiger partial charge < -0.3 is 19.7 Å². The molecular weight excluding hydrogens is 358 g/mol. The molecule has 2 aromatic carbocycles. The van der Waals surface area contributed by atoms with Crippen molar-refractivity contribution in [2.75, 3.05) is 46.4 Å². The van der Waals surface area contributed by atoms with E-state index in [9.17, 15) is 9.59 Å². The van der Waals surface area contributed by atoms with E-state index in [1.54, 1.807) is 29.2 Å². The molecule has 7 nitrogen and oxygen atoms in total. The Bertz CT molecular complexity index is 772. The number of ether oxygens (including phenoxy) is 2. The van der Waals surface area contributed by atoms with Crippen LogP contribution in [0.25, 0.3) is 0 Å². The Balaban J connectivity index is 1.40. The average Bonchev–Trinajstić information content (AvgIpc) is 2.75. The average molecular weight is 383 g/mol. The molecule has 0 atom stereocenters. The lowest BCUT2D eigenvalue weighted by Crippen LogP contribution is -2.50. The largest absolute Gasteiger partial charge is 0.457 e. The molecule has 1 aliphatic heterocycles. The number of hydrogen-bond donors (Lipinski definition) is 1. The number of carbonyl (C=O) groups is 2. The van der Waals surface area contributed by atoms with Crippen molar-refractivity contribution in [1.29, 1.82) is 0 Å². The van der Waals surface area contributed by atoms with E-state index in [0.717, 1.165) is 25.4 Å². The number of nitrogens with zero attached hydrogens (tertiary/aromatic N) is 2. The third-order valence-electron chi connectivity index (χ3n) is 4.61. The minimum Gasteiger partial charge on any atom is -0.457 e. The van der Waals surface area contributed by atoms with E-state index >= 15 is 0 Å². The van der Waals surface area contributed by atoms with Crippen molar-refractivity contribution < 1.29 is 19.1 Å². The zero-order valence-electron chi connectivity index (χ0n) is 16.0. The van der Waals surface area contributed by atoms with Crippen LogP contribution in [0.15, 0.2) is 54.6 Å². The Labute approximate surface area is 164 Å². The lowest BCUT2D eigenvalue weighted by atomic mass is 10.2. The van der Waals surface area contributed by atoms with Crippen LogP contribution >= 0.6 is 0 Å². The molecule has 1 N–H and O–H groups in total. The molecular formula is C21H25N3O4. The van der Waals surface area contributed by atoms with Gasteiger partial charge in [-0.25, -0.2) is 4.79 Å². The third kappa shape index (κ3) is 5.47. The van der Waals surface area contributed by atoms with Gasteiger partial charge >= 0.3 is 6.09 Å². The van der Waals surface area contributed by atoms with Gasteiger partial charge in [-0.15, -0.1) is 0 Å². The number of carbonyl (C=O) groups excluding carboxylic acids is 2. The second-order valence-electron chi connectivity index (χ2n) is 6.49. The summed E-state index contributed by atoms with van der Waals surface area (Å²) in [5, 5.41) is 2.93. The number of benzene rings is 2. The molecule has 0 bridgehead atoms. The minimum atomic E-state index is -0.285. The Morgan fingerprint density at radius 2 is 1.57 bits per heavy atom. The standard InChI is InChI=1S/C21H25N3O4/c1-27-21(26)24-15-13-23(14-16-24)12-11-22-20(25)17-7-9-19(10-8-17)28-18-5-3-2-4-6-18/h2-10H,11-16H2,1H3,(H,22,25). The molecule has 0 saturated carbocycles. The van der Waals surface area contributed by atoms with Gasteiger partial charge in [0.25, 0.3) is 5.91 Å². The first kappa shape index (κ1) is 19.7. The lowest BCUT2D eigenvalue weighted by Gasteiger charge is -2.33. The monoisotopic (exact) mass is 383 g/mol. The summed E-state index contributed by atoms with van der Waals surface area (Å²) in [6.07, 6.45) is -0.285. The smallest absolute Gasteiger partial charge is 0.409 e. The van der Waals surface area contributed by atoms with E-state index in [0.29, 0.717) is 30.9 Å². The van der Waals surface area contributed by atoms with Gasteiger partial charge in [0.05, 0.1) is 7.11 Å². The predicted molar refractivity (Wildman–Crippen MR) is 106 cm³/mol. The zero-order chi connectivity index (χ0) is 19.8. The van der Waals surface area contributed by atoms with Crippen LogP contribution in [0.2, 0.25) is 0 Å². The van der Waals surface area contributed by atoms with Gasteiger partial charge in [-0.3, -0.25) is 9.69 Å². The number of amides is 2. The fraction of sp³-hybridized carbons (Fsp3) is 0.333. The fourth-order valence-corrected chi connectivity index (χ4v) is 3.01. The minimum absolute atomic E-state index is 0.112. The van der Waals surface area contributed by atoms with Crippen LogP contribution in [0.3, 0.4) is 0 Å². The number of nitrogens with one attached hydrogen (secondary N) is 1. The van der Waals surface area contributed by atoms with Gasteiger partial charge in [-0.1, -0.05) is 18.2 Å². The first-order valence-electron chi connectivity index (χ1n) is 9.32. The Morgan fingerprint density at radius 1 is 0.929 bits per heavy atom. The molecule has 0 spiro atoms. The van der Waals surface area contributed by atoms with E-state index in [4.69, 9.17) is 9.47 Å². The van der Waals surface area contributed by atoms with Crippen molar-refractivity contribution in [3.8, 4) is 11.5 Å². The van der Waals surface area contributed by atoms with Crippen molar-refractivity contribution in [3.05, 3.63) is 60.2 Å².